The summed E-state index contributed by atoms with van der Waals surface area (Å²) < 4.78 is 0. The Labute approximate surface area is 160 Å². The highest BCUT2D eigenvalue weighted by Gasteiger charge is 2.64. The first-order chi connectivity index (χ1) is 13.0. The molecule has 3 aliphatic rings. The van der Waals surface area contributed by atoms with Gasteiger partial charge in [0.05, 0.1) is 5.41 Å². The zero-order valence-corrected chi connectivity index (χ0v) is 16.3. The van der Waals surface area contributed by atoms with Crippen LogP contribution in [0.25, 0.3) is 0 Å². The number of pyridine rings is 1. The van der Waals surface area contributed by atoms with Crippen molar-refractivity contribution in [2.45, 2.75) is 25.8 Å². The molecule has 1 atom stereocenters. The molecular weight excluding hydrogens is 342 g/mol. The van der Waals surface area contributed by atoms with Gasteiger partial charge in [0.15, 0.2) is 0 Å². The molecule has 0 radical (unpaired) electrons. The molecule has 3 saturated heterocycles. The van der Waals surface area contributed by atoms with E-state index < -0.39 is 5.41 Å². The fourth-order valence-electron chi connectivity index (χ4n) is 5.34. The van der Waals surface area contributed by atoms with Crippen LogP contribution in [-0.2, 0) is 11.3 Å². The number of hydrogen-bond acceptors (Lipinski definition) is 4. The first kappa shape index (κ1) is 18.2. The summed E-state index contributed by atoms with van der Waals surface area (Å²) in [5.74, 6) is 0.150. The second-order valence-electron chi connectivity index (χ2n) is 8.54. The van der Waals surface area contributed by atoms with Gasteiger partial charge in [-0.05, 0) is 44.0 Å². The molecule has 4 heterocycles. The molecule has 2 spiro atoms. The van der Waals surface area contributed by atoms with Crippen molar-refractivity contribution in [3.63, 3.8) is 0 Å². The molecule has 27 heavy (non-hydrogen) atoms. The monoisotopic (exact) mass is 371 g/mol. The summed E-state index contributed by atoms with van der Waals surface area (Å²) in [6.07, 6.45) is 6.47. The van der Waals surface area contributed by atoms with Gasteiger partial charge in [-0.1, -0.05) is 6.07 Å². The first-order valence-corrected chi connectivity index (χ1v) is 9.82. The number of nitrogens with zero attached hydrogens (tertiary/aromatic N) is 4. The summed E-state index contributed by atoms with van der Waals surface area (Å²) in [5.41, 5.74) is 0.696. The summed E-state index contributed by atoms with van der Waals surface area (Å²) in [7, 11) is 3.57. The average molecular weight is 371 g/mol. The van der Waals surface area contributed by atoms with Crippen LogP contribution >= 0.6 is 0 Å². The Morgan fingerprint density at radius 3 is 2.63 bits per heavy atom. The van der Waals surface area contributed by atoms with Crippen molar-refractivity contribution < 1.29 is 9.59 Å². The van der Waals surface area contributed by atoms with Crippen LogP contribution < -0.4 is 5.32 Å². The Morgan fingerprint density at radius 1 is 1.26 bits per heavy atom. The SMILES string of the molecule is CN(C)C(=O)N1CC2(CCN(Cc3cccnc3)CC2)C2(CCNC2=O)C1. The summed E-state index contributed by atoms with van der Waals surface area (Å²) in [4.78, 5) is 35.7. The van der Waals surface area contributed by atoms with Crippen LogP contribution in [0.5, 0.6) is 0 Å². The van der Waals surface area contributed by atoms with Gasteiger partial charge in [-0.15, -0.1) is 0 Å². The van der Waals surface area contributed by atoms with Crippen molar-refractivity contribution in [2.24, 2.45) is 10.8 Å². The quantitative estimate of drug-likeness (QED) is 0.847. The van der Waals surface area contributed by atoms with E-state index in [1.807, 2.05) is 17.2 Å². The van der Waals surface area contributed by atoms with Crippen LogP contribution in [0.3, 0.4) is 0 Å². The minimum Gasteiger partial charge on any atom is -0.356 e. The van der Waals surface area contributed by atoms with E-state index in [-0.39, 0.29) is 17.4 Å². The van der Waals surface area contributed by atoms with Gasteiger partial charge in [0.1, 0.15) is 0 Å². The summed E-state index contributed by atoms with van der Waals surface area (Å²) in [5, 5.41) is 3.05. The van der Waals surface area contributed by atoms with Crippen LogP contribution in [-0.4, -0.2) is 78.4 Å². The Hall–Kier alpha value is -2.15. The number of hydrogen-bond donors (Lipinski definition) is 1. The maximum atomic E-state index is 12.9. The van der Waals surface area contributed by atoms with E-state index in [0.717, 1.165) is 45.4 Å². The second kappa shape index (κ2) is 6.78. The third-order valence-corrected chi connectivity index (χ3v) is 6.84. The number of amides is 3. The lowest BCUT2D eigenvalue weighted by Gasteiger charge is -2.46. The van der Waals surface area contributed by atoms with Gasteiger partial charge in [-0.2, -0.15) is 0 Å². The van der Waals surface area contributed by atoms with Crippen LogP contribution in [0.2, 0.25) is 0 Å². The zero-order chi connectivity index (χ0) is 19.1. The number of fused-ring (bicyclic) bond motifs is 1. The number of aromatic nitrogens is 1. The van der Waals surface area contributed by atoms with Gasteiger partial charge in [0.2, 0.25) is 5.91 Å². The molecule has 0 aromatic carbocycles. The first-order valence-electron chi connectivity index (χ1n) is 9.82. The van der Waals surface area contributed by atoms with Crippen LogP contribution in [0.1, 0.15) is 24.8 Å². The molecule has 7 nitrogen and oxygen atoms in total. The number of likely N-dealkylation sites (tertiary alicyclic amines) is 2. The lowest BCUT2D eigenvalue weighted by atomic mass is 9.60. The third kappa shape index (κ3) is 2.98. The van der Waals surface area contributed by atoms with Gasteiger partial charge in [-0.25, -0.2) is 4.79 Å². The molecule has 1 aromatic rings. The Bertz CT molecular complexity index is 714. The fourth-order valence-corrected chi connectivity index (χ4v) is 5.34. The minimum absolute atomic E-state index is 0.0174. The minimum atomic E-state index is -0.418. The smallest absolute Gasteiger partial charge is 0.319 e. The highest BCUT2D eigenvalue weighted by atomic mass is 16.2. The molecule has 3 aliphatic heterocycles. The van der Waals surface area contributed by atoms with Crippen LogP contribution in [0, 0.1) is 10.8 Å². The highest BCUT2D eigenvalue weighted by Crippen LogP contribution is 2.56. The van der Waals surface area contributed by atoms with E-state index in [2.05, 4.69) is 21.3 Å². The van der Waals surface area contributed by atoms with Gasteiger partial charge in [0, 0.05) is 58.1 Å². The normalized spacial score (nSPS) is 27.3. The van der Waals surface area contributed by atoms with Crippen molar-refractivity contribution in [3.05, 3.63) is 30.1 Å². The largest absolute Gasteiger partial charge is 0.356 e. The summed E-state index contributed by atoms with van der Waals surface area (Å²) in [6, 6.07) is 4.10. The van der Waals surface area contributed by atoms with E-state index in [9.17, 15) is 9.59 Å². The van der Waals surface area contributed by atoms with Crippen molar-refractivity contribution in [1.82, 2.24) is 25.0 Å². The summed E-state index contributed by atoms with van der Waals surface area (Å²) >= 11 is 0. The second-order valence-corrected chi connectivity index (χ2v) is 8.54. The molecule has 1 N–H and O–H groups in total. The average Bonchev–Trinajstić information content (AvgIpc) is 3.19. The number of carbonyl (C=O) groups excluding carboxylic acids is 2. The molecular formula is C20H29N5O2. The topological polar surface area (TPSA) is 68.8 Å². The van der Waals surface area contributed by atoms with Crippen molar-refractivity contribution >= 4 is 11.9 Å². The van der Waals surface area contributed by atoms with E-state index >= 15 is 0 Å². The molecule has 0 aliphatic carbocycles. The van der Waals surface area contributed by atoms with Gasteiger partial charge >= 0.3 is 6.03 Å². The van der Waals surface area contributed by atoms with Gasteiger partial charge < -0.3 is 15.1 Å². The lowest BCUT2D eigenvalue weighted by Crippen LogP contribution is -2.52. The summed E-state index contributed by atoms with van der Waals surface area (Å²) in [6.45, 7) is 4.77. The number of rotatable bonds is 2. The highest BCUT2D eigenvalue weighted by molar-refractivity contribution is 5.88. The van der Waals surface area contributed by atoms with E-state index in [1.54, 1.807) is 25.2 Å². The Kier molecular flexibility index (Phi) is 4.58. The van der Waals surface area contributed by atoms with Crippen molar-refractivity contribution in [3.8, 4) is 0 Å². The number of nitrogens with one attached hydrogen (secondary N) is 1. The van der Waals surface area contributed by atoms with Crippen molar-refractivity contribution in [2.75, 3.05) is 46.8 Å². The molecule has 3 fully saturated rings. The zero-order valence-electron chi connectivity index (χ0n) is 16.3. The van der Waals surface area contributed by atoms with Crippen molar-refractivity contribution in [1.29, 1.82) is 0 Å². The molecule has 7 heteroatoms. The van der Waals surface area contributed by atoms with Crippen LogP contribution in [0.4, 0.5) is 4.79 Å². The van der Waals surface area contributed by atoms with Gasteiger partial charge in [-0.3, -0.25) is 14.7 Å². The van der Waals surface area contributed by atoms with E-state index in [0.29, 0.717) is 13.1 Å². The fraction of sp³-hybridized carbons (Fsp3) is 0.650. The van der Waals surface area contributed by atoms with Gasteiger partial charge in [0.25, 0.3) is 0 Å². The predicted molar refractivity (Wildman–Crippen MR) is 102 cm³/mol. The molecule has 0 saturated carbocycles. The molecule has 3 amide bonds. The number of urea groups is 1. The predicted octanol–water partition coefficient (Wildman–Crippen LogP) is 1.17. The lowest BCUT2D eigenvalue weighted by molar-refractivity contribution is -0.134. The Balaban J connectivity index is 1.52. The third-order valence-electron chi connectivity index (χ3n) is 6.84. The molecule has 4 rings (SSSR count). The van der Waals surface area contributed by atoms with Crippen LogP contribution in [0.15, 0.2) is 24.5 Å². The number of piperidine rings is 1. The maximum absolute atomic E-state index is 12.9. The number of carbonyl (C=O) groups is 2. The molecule has 1 aromatic heterocycles. The maximum Gasteiger partial charge on any atom is 0.319 e. The molecule has 146 valence electrons. The molecule has 1 unspecified atom stereocenters. The van der Waals surface area contributed by atoms with E-state index in [4.69, 9.17) is 0 Å². The van der Waals surface area contributed by atoms with E-state index in [1.165, 1.54) is 5.56 Å². The Morgan fingerprint density at radius 2 is 2.04 bits per heavy atom. The molecule has 0 bridgehead atoms. The standard InChI is InChI=1S/C20H29N5O2/c1-23(2)18(27)25-14-19(20(15-25)5-9-22-17(20)26)6-10-24(11-7-19)13-16-4-3-8-21-12-16/h3-4,8,12H,5-7,9-11,13-15H2,1-2H3,(H,22,26).